The molecule has 38 heavy (non-hydrogen) atoms. The number of carbonyl (C=O) groups is 1. The van der Waals surface area contributed by atoms with Crippen LogP contribution >= 0.6 is 15.9 Å². The van der Waals surface area contributed by atoms with Gasteiger partial charge in [0.2, 0.25) is 10.0 Å². The smallest absolute Gasteiger partial charge is 0.272 e. The fraction of sp³-hybridized carbons (Fsp3) is 0.269. The number of aromatic nitrogens is 4. The number of hydrogen-bond acceptors (Lipinski definition) is 5. The number of hydrogen-bond donors (Lipinski definition) is 1. The van der Waals surface area contributed by atoms with Crippen molar-refractivity contribution in [1.29, 1.82) is 0 Å². The van der Waals surface area contributed by atoms with Gasteiger partial charge in [0.05, 0.1) is 12.2 Å². The van der Waals surface area contributed by atoms with Gasteiger partial charge >= 0.3 is 0 Å². The molecule has 0 spiro atoms. The summed E-state index contributed by atoms with van der Waals surface area (Å²) in [6.45, 7) is 2.91. The standard InChI is InChI=1S/C26H26BrFN6O3S/c1-17(20-7-3-4-8-22(20)27)34-16-24(30-31-34)21-13-18(9-10-23(21)28)29-26(35)25-14-19(15-32(25)2)38(36,37)33-11-5-6-12-33/h3-4,7-10,13-17H,5-6,11-12H2,1-2H3,(H,29,35)/t17-/m0/s1. The molecule has 2 aromatic heterocycles. The van der Waals surface area contributed by atoms with Crippen molar-refractivity contribution < 1.29 is 17.6 Å². The first-order valence-corrected chi connectivity index (χ1v) is 14.3. The summed E-state index contributed by atoms with van der Waals surface area (Å²) in [5, 5.41) is 11.1. The van der Waals surface area contributed by atoms with Crippen molar-refractivity contribution in [1.82, 2.24) is 23.9 Å². The number of sulfonamides is 1. The van der Waals surface area contributed by atoms with Crippen LogP contribution in [0.25, 0.3) is 11.3 Å². The minimum absolute atomic E-state index is 0.0719. The summed E-state index contributed by atoms with van der Waals surface area (Å²) in [6.07, 6.45) is 4.73. The van der Waals surface area contributed by atoms with Gasteiger partial charge < -0.3 is 9.88 Å². The highest BCUT2D eigenvalue weighted by atomic mass is 79.9. The van der Waals surface area contributed by atoms with Crippen LogP contribution in [-0.4, -0.2) is 51.3 Å². The van der Waals surface area contributed by atoms with Gasteiger partial charge in [-0.2, -0.15) is 4.31 Å². The molecule has 4 aromatic rings. The zero-order chi connectivity index (χ0) is 27.0. The first-order valence-electron chi connectivity index (χ1n) is 12.1. The van der Waals surface area contributed by atoms with E-state index in [9.17, 15) is 17.6 Å². The van der Waals surface area contributed by atoms with Crippen LogP contribution in [0.1, 0.15) is 41.9 Å². The van der Waals surface area contributed by atoms with E-state index in [1.807, 2.05) is 31.2 Å². The zero-order valence-corrected chi connectivity index (χ0v) is 23.2. The van der Waals surface area contributed by atoms with E-state index >= 15 is 0 Å². The summed E-state index contributed by atoms with van der Waals surface area (Å²) in [7, 11) is -2.05. The van der Waals surface area contributed by atoms with Crippen molar-refractivity contribution >= 4 is 37.5 Å². The van der Waals surface area contributed by atoms with E-state index in [0.717, 1.165) is 22.9 Å². The number of nitrogens with zero attached hydrogens (tertiary/aromatic N) is 5. The molecule has 1 N–H and O–H groups in total. The molecule has 0 unspecified atom stereocenters. The molecule has 9 nitrogen and oxygen atoms in total. The Bertz CT molecular complexity index is 1610. The third-order valence-corrected chi connectivity index (χ3v) is 9.26. The number of nitrogens with one attached hydrogen (secondary N) is 1. The largest absolute Gasteiger partial charge is 0.345 e. The van der Waals surface area contributed by atoms with Crippen molar-refractivity contribution in [2.24, 2.45) is 7.05 Å². The Kier molecular flexibility index (Phi) is 7.21. The Hall–Kier alpha value is -3.35. The Morgan fingerprint density at radius 2 is 1.84 bits per heavy atom. The van der Waals surface area contributed by atoms with Crippen LogP contribution in [0.4, 0.5) is 10.1 Å². The third-order valence-electron chi connectivity index (χ3n) is 6.68. The molecule has 2 aromatic carbocycles. The van der Waals surface area contributed by atoms with E-state index in [2.05, 4.69) is 31.6 Å². The molecule has 198 valence electrons. The van der Waals surface area contributed by atoms with E-state index in [0.29, 0.717) is 24.5 Å². The molecule has 5 rings (SSSR count). The number of aryl methyl sites for hydroxylation is 1. The Morgan fingerprint density at radius 1 is 1.11 bits per heavy atom. The van der Waals surface area contributed by atoms with E-state index in [4.69, 9.17) is 0 Å². The Balaban J connectivity index is 1.37. The molecule has 0 bridgehead atoms. The highest BCUT2D eigenvalue weighted by molar-refractivity contribution is 9.10. The SMILES string of the molecule is C[C@@H](c1ccccc1Br)n1cc(-c2cc(NC(=O)c3cc(S(=O)(=O)N4CCCC4)cn3C)ccc2F)nn1. The summed E-state index contributed by atoms with van der Waals surface area (Å²) < 4.78 is 46.1. The van der Waals surface area contributed by atoms with Crippen molar-refractivity contribution in [2.75, 3.05) is 18.4 Å². The quantitative estimate of drug-likeness (QED) is 0.327. The summed E-state index contributed by atoms with van der Waals surface area (Å²) in [6, 6.07) is 13.1. The van der Waals surface area contributed by atoms with E-state index in [-0.39, 0.29) is 22.2 Å². The molecule has 1 aliphatic heterocycles. The second-order valence-electron chi connectivity index (χ2n) is 9.21. The van der Waals surface area contributed by atoms with E-state index in [1.165, 1.54) is 39.3 Å². The van der Waals surface area contributed by atoms with Crippen LogP contribution in [0.2, 0.25) is 0 Å². The lowest BCUT2D eigenvalue weighted by Crippen LogP contribution is -2.27. The molecule has 0 aliphatic carbocycles. The van der Waals surface area contributed by atoms with Gasteiger partial charge in [-0.25, -0.2) is 17.5 Å². The average Bonchev–Trinajstić information content (AvgIpc) is 3.66. The normalized spacial score (nSPS) is 15.1. The predicted molar refractivity (Wildman–Crippen MR) is 145 cm³/mol. The number of carbonyl (C=O) groups excluding carboxylic acids is 1. The molecule has 1 saturated heterocycles. The Morgan fingerprint density at radius 3 is 2.58 bits per heavy atom. The first-order chi connectivity index (χ1) is 18.1. The number of rotatable bonds is 7. The molecule has 12 heteroatoms. The topological polar surface area (TPSA) is 102 Å². The first kappa shape index (κ1) is 26.3. The van der Waals surface area contributed by atoms with Crippen LogP contribution in [0.15, 0.2) is 70.3 Å². The summed E-state index contributed by atoms with van der Waals surface area (Å²) in [5.74, 6) is -1.03. The highest BCUT2D eigenvalue weighted by Gasteiger charge is 2.29. The second kappa shape index (κ2) is 10.4. The molecule has 0 radical (unpaired) electrons. The lowest BCUT2D eigenvalue weighted by molar-refractivity contribution is 0.101. The second-order valence-corrected chi connectivity index (χ2v) is 12.0. The average molecular weight is 602 g/mol. The number of benzene rings is 2. The minimum Gasteiger partial charge on any atom is -0.345 e. The molecule has 1 aliphatic rings. The van der Waals surface area contributed by atoms with Gasteiger partial charge in [0.25, 0.3) is 5.91 Å². The third kappa shape index (κ3) is 5.03. The molecule has 1 fully saturated rings. The molecule has 3 heterocycles. The maximum atomic E-state index is 14.8. The minimum atomic E-state index is -3.66. The molecule has 1 amide bonds. The molecule has 1 atom stereocenters. The van der Waals surface area contributed by atoms with Crippen LogP contribution < -0.4 is 5.32 Å². The molecule has 0 saturated carbocycles. The maximum Gasteiger partial charge on any atom is 0.272 e. The van der Waals surface area contributed by atoms with Gasteiger partial charge in [0, 0.05) is 42.1 Å². The predicted octanol–water partition coefficient (Wildman–Crippen LogP) is 4.83. The van der Waals surface area contributed by atoms with Crippen LogP contribution in [0.5, 0.6) is 0 Å². The van der Waals surface area contributed by atoms with Crippen LogP contribution in [-0.2, 0) is 17.1 Å². The van der Waals surface area contributed by atoms with Gasteiger partial charge in [0.15, 0.2) is 0 Å². The highest BCUT2D eigenvalue weighted by Crippen LogP contribution is 2.29. The zero-order valence-electron chi connectivity index (χ0n) is 20.8. The fourth-order valence-electron chi connectivity index (χ4n) is 4.52. The number of halogens is 2. The summed E-state index contributed by atoms with van der Waals surface area (Å²) in [5.41, 5.74) is 2.00. The van der Waals surface area contributed by atoms with Crippen molar-refractivity contribution in [3.05, 3.63) is 82.5 Å². The number of amides is 1. The van der Waals surface area contributed by atoms with Gasteiger partial charge in [-0.05, 0) is 55.7 Å². The monoisotopic (exact) mass is 600 g/mol. The van der Waals surface area contributed by atoms with Crippen molar-refractivity contribution in [3.8, 4) is 11.3 Å². The molecular weight excluding hydrogens is 575 g/mol. The lowest BCUT2D eigenvalue weighted by Gasteiger charge is -2.13. The summed E-state index contributed by atoms with van der Waals surface area (Å²) in [4.78, 5) is 13.1. The maximum absolute atomic E-state index is 14.8. The number of anilines is 1. The van der Waals surface area contributed by atoms with Gasteiger partial charge in [0.1, 0.15) is 22.1 Å². The van der Waals surface area contributed by atoms with Crippen molar-refractivity contribution in [2.45, 2.75) is 30.7 Å². The lowest BCUT2D eigenvalue weighted by atomic mass is 10.1. The van der Waals surface area contributed by atoms with Crippen LogP contribution in [0.3, 0.4) is 0 Å². The van der Waals surface area contributed by atoms with Gasteiger partial charge in [-0.1, -0.05) is 39.3 Å². The fourth-order valence-corrected chi connectivity index (χ4v) is 6.72. The van der Waals surface area contributed by atoms with Gasteiger partial charge in [-0.15, -0.1) is 5.10 Å². The molecular formula is C26H26BrFN6O3S. The van der Waals surface area contributed by atoms with E-state index < -0.39 is 21.7 Å². The summed E-state index contributed by atoms with van der Waals surface area (Å²) >= 11 is 3.54. The van der Waals surface area contributed by atoms with Crippen molar-refractivity contribution in [3.63, 3.8) is 0 Å². The van der Waals surface area contributed by atoms with Crippen LogP contribution in [0, 0.1) is 5.82 Å². The van der Waals surface area contributed by atoms with E-state index in [1.54, 1.807) is 17.9 Å². The Labute approximate surface area is 228 Å². The van der Waals surface area contributed by atoms with Gasteiger partial charge in [-0.3, -0.25) is 4.79 Å².